The summed E-state index contributed by atoms with van der Waals surface area (Å²) in [6.07, 6.45) is 1.22. The highest BCUT2D eigenvalue weighted by Crippen LogP contribution is 2.21. The molecular formula is C18H15N3O3. The Kier molecular flexibility index (Phi) is 5.07. The van der Waals surface area contributed by atoms with E-state index >= 15 is 0 Å². The molecule has 0 atom stereocenters. The van der Waals surface area contributed by atoms with Crippen LogP contribution in [-0.2, 0) is 4.79 Å². The fraction of sp³-hybridized carbons (Fsp3) is 0.111. The lowest BCUT2D eigenvalue weighted by Gasteiger charge is -2.07. The Labute approximate surface area is 139 Å². The van der Waals surface area contributed by atoms with Gasteiger partial charge in [-0.3, -0.25) is 14.9 Å². The molecule has 0 bridgehead atoms. The van der Waals surface area contributed by atoms with Gasteiger partial charge in [0.15, 0.2) is 0 Å². The van der Waals surface area contributed by atoms with E-state index in [0.29, 0.717) is 5.69 Å². The third-order valence-corrected chi connectivity index (χ3v) is 3.56. The van der Waals surface area contributed by atoms with E-state index in [4.69, 9.17) is 0 Å². The molecule has 0 aliphatic rings. The molecule has 0 aliphatic heterocycles. The lowest BCUT2D eigenvalue weighted by molar-refractivity contribution is -0.385. The monoisotopic (exact) mass is 321 g/mol. The second-order valence-electron chi connectivity index (χ2n) is 5.24. The van der Waals surface area contributed by atoms with Crippen molar-refractivity contribution in [1.29, 1.82) is 5.26 Å². The average Bonchev–Trinajstić information content (AvgIpc) is 2.56. The van der Waals surface area contributed by atoms with Gasteiger partial charge >= 0.3 is 0 Å². The predicted molar refractivity (Wildman–Crippen MR) is 91.2 cm³/mol. The van der Waals surface area contributed by atoms with Crippen LogP contribution in [0.5, 0.6) is 0 Å². The number of benzene rings is 2. The summed E-state index contributed by atoms with van der Waals surface area (Å²) in [6, 6.07) is 13.1. The predicted octanol–water partition coefficient (Wildman–Crippen LogP) is 3.76. The molecule has 2 aromatic rings. The summed E-state index contributed by atoms with van der Waals surface area (Å²) in [5.41, 5.74) is 2.49. The number of rotatable bonds is 4. The van der Waals surface area contributed by atoms with Crippen molar-refractivity contribution in [1.82, 2.24) is 0 Å². The first kappa shape index (κ1) is 16.9. The number of amides is 1. The van der Waals surface area contributed by atoms with Crippen molar-refractivity contribution in [2.45, 2.75) is 13.8 Å². The third-order valence-electron chi connectivity index (χ3n) is 3.56. The number of nitro groups is 1. The van der Waals surface area contributed by atoms with Crippen LogP contribution in [0.4, 0.5) is 11.4 Å². The first-order valence-electron chi connectivity index (χ1n) is 7.16. The number of nitriles is 1. The molecule has 0 aliphatic carbocycles. The fourth-order valence-electron chi connectivity index (χ4n) is 2.10. The van der Waals surface area contributed by atoms with Gasteiger partial charge in [0.2, 0.25) is 0 Å². The first-order valence-corrected chi connectivity index (χ1v) is 7.16. The van der Waals surface area contributed by atoms with Crippen LogP contribution in [-0.4, -0.2) is 10.8 Å². The van der Waals surface area contributed by atoms with Crippen molar-refractivity contribution in [2.24, 2.45) is 0 Å². The number of hydrogen-bond donors (Lipinski definition) is 1. The van der Waals surface area contributed by atoms with E-state index in [1.54, 1.807) is 24.3 Å². The summed E-state index contributed by atoms with van der Waals surface area (Å²) in [5.74, 6) is -0.612. The molecule has 1 amide bonds. The molecule has 0 fully saturated rings. The van der Waals surface area contributed by atoms with Crippen LogP contribution >= 0.6 is 0 Å². The average molecular weight is 321 g/mol. The van der Waals surface area contributed by atoms with Crippen LogP contribution in [0, 0.1) is 35.3 Å². The van der Waals surface area contributed by atoms with Gasteiger partial charge in [0.25, 0.3) is 11.6 Å². The Morgan fingerprint density at radius 2 is 1.92 bits per heavy atom. The van der Waals surface area contributed by atoms with E-state index in [0.717, 1.165) is 11.1 Å². The zero-order valence-corrected chi connectivity index (χ0v) is 13.2. The molecule has 0 aromatic heterocycles. The van der Waals surface area contributed by atoms with Gasteiger partial charge in [-0.05, 0) is 49.2 Å². The highest BCUT2D eigenvalue weighted by atomic mass is 16.6. The molecule has 0 saturated heterocycles. The number of nitrogens with zero attached hydrogens (tertiary/aromatic N) is 2. The van der Waals surface area contributed by atoms with E-state index in [9.17, 15) is 20.2 Å². The van der Waals surface area contributed by atoms with Crippen LogP contribution in [0.25, 0.3) is 6.08 Å². The first-order chi connectivity index (χ1) is 11.4. The maximum Gasteiger partial charge on any atom is 0.276 e. The SMILES string of the molecule is Cc1ccc(NC(=O)/C(C#N)=C/c2ccccc2[N+](=O)[O-])cc1C. The van der Waals surface area contributed by atoms with E-state index in [1.807, 2.05) is 19.9 Å². The van der Waals surface area contributed by atoms with Crippen LogP contribution in [0.1, 0.15) is 16.7 Å². The van der Waals surface area contributed by atoms with Crippen LogP contribution < -0.4 is 5.32 Å². The largest absolute Gasteiger partial charge is 0.321 e. The molecule has 0 radical (unpaired) electrons. The summed E-state index contributed by atoms with van der Waals surface area (Å²) in [4.78, 5) is 22.7. The fourth-order valence-corrected chi connectivity index (χ4v) is 2.10. The maximum atomic E-state index is 12.3. The molecule has 2 aromatic carbocycles. The Bertz CT molecular complexity index is 879. The third kappa shape index (κ3) is 3.84. The standard InChI is InChI=1S/C18H15N3O3/c1-12-7-8-16(9-13(12)2)20-18(22)15(11-19)10-14-5-3-4-6-17(14)21(23)24/h3-10H,1-2H3,(H,20,22)/b15-10+. The van der Waals surface area contributed by atoms with E-state index in [1.165, 1.54) is 24.3 Å². The molecule has 2 rings (SSSR count). The number of anilines is 1. The van der Waals surface area contributed by atoms with Gasteiger partial charge in [-0.2, -0.15) is 5.26 Å². The molecule has 1 N–H and O–H groups in total. The van der Waals surface area contributed by atoms with Crippen molar-refractivity contribution in [3.05, 3.63) is 74.8 Å². The van der Waals surface area contributed by atoms with Crippen molar-refractivity contribution < 1.29 is 9.72 Å². The van der Waals surface area contributed by atoms with Crippen molar-refractivity contribution in [2.75, 3.05) is 5.32 Å². The topological polar surface area (TPSA) is 96.0 Å². The molecule has 24 heavy (non-hydrogen) atoms. The van der Waals surface area contributed by atoms with Gasteiger partial charge < -0.3 is 5.32 Å². The van der Waals surface area contributed by atoms with Crippen molar-refractivity contribution in [3.63, 3.8) is 0 Å². The minimum absolute atomic E-state index is 0.163. The Morgan fingerprint density at radius 1 is 1.21 bits per heavy atom. The summed E-state index contributed by atoms with van der Waals surface area (Å²) in [5, 5.41) is 22.9. The minimum Gasteiger partial charge on any atom is -0.321 e. The number of hydrogen-bond acceptors (Lipinski definition) is 4. The molecule has 0 spiro atoms. The molecule has 0 heterocycles. The summed E-state index contributed by atoms with van der Waals surface area (Å²) >= 11 is 0. The highest BCUT2D eigenvalue weighted by molar-refractivity contribution is 6.10. The minimum atomic E-state index is -0.612. The van der Waals surface area contributed by atoms with Crippen molar-refractivity contribution in [3.8, 4) is 6.07 Å². The van der Waals surface area contributed by atoms with Gasteiger partial charge in [-0.25, -0.2) is 0 Å². The number of nitrogens with one attached hydrogen (secondary N) is 1. The molecule has 120 valence electrons. The number of nitro benzene ring substituents is 1. The maximum absolute atomic E-state index is 12.3. The van der Waals surface area contributed by atoms with Crippen molar-refractivity contribution >= 4 is 23.4 Å². The van der Waals surface area contributed by atoms with Gasteiger partial charge in [-0.1, -0.05) is 18.2 Å². The van der Waals surface area contributed by atoms with E-state index in [2.05, 4.69) is 5.32 Å². The molecule has 6 heteroatoms. The Hall–Kier alpha value is -3.46. The molecular weight excluding hydrogens is 306 g/mol. The number of para-hydroxylation sites is 1. The zero-order valence-electron chi connectivity index (χ0n) is 13.2. The number of aryl methyl sites for hydroxylation is 2. The second-order valence-corrected chi connectivity index (χ2v) is 5.24. The summed E-state index contributed by atoms with van der Waals surface area (Å²) < 4.78 is 0. The van der Waals surface area contributed by atoms with E-state index in [-0.39, 0.29) is 16.8 Å². The molecule has 0 unspecified atom stereocenters. The molecule has 0 saturated carbocycles. The summed E-state index contributed by atoms with van der Waals surface area (Å²) in [7, 11) is 0. The van der Waals surface area contributed by atoms with Gasteiger partial charge in [0.05, 0.1) is 10.5 Å². The quantitative estimate of drug-likeness (QED) is 0.401. The Balaban J connectivity index is 2.31. The van der Waals surface area contributed by atoms with Crippen LogP contribution in [0.15, 0.2) is 48.0 Å². The molecule has 6 nitrogen and oxygen atoms in total. The summed E-state index contributed by atoms with van der Waals surface area (Å²) in [6.45, 7) is 3.87. The van der Waals surface area contributed by atoms with Gasteiger partial charge in [0, 0.05) is 11.8 Å². The number of carbonyl (C=O) groups excluding carboxylic acids is 1. The Morgan fingerprint density at radius 3 is 2.54 bits per heavy atom. The van der Waals surface area contributed by atoms with Gasteiger partial charge in [0.1, 0.15) is 11.6 Å². The lowest BCUT2D eigenvalue weighted by Crippen LogP contribution is -2.13. The smallest absolute Gasteiger partial charge is 0.276 e. The van der Waals surface area contributed by atoms with Crippen LogP contribution in [0.2, 0.25) is 0 Å². The van der Waals surface area contributed by atoms with Gasteiger partial charge in [-0.15, -0.1) is 0 Å². The lowest BCUT2D eigenvalue weighted by atomic mass is 10.1. The van der Waals surface area contributed by atoms with E-state index < -0.39 is 10.8 Å². The van der Waals surface area contributed by atoms with Crippen LogP contribution in [0.3, 0.4) is 0 Å². The second kappa shape index (κ2) is 7.20. The highest BCUT2D eigenvalue weighted by Gasteiger charge is 2.15. The normalized spacial score (nSPS) is 10.8. The number of carbonyl (C=O) groups is 1. The zero-order chi connectivity index (χ0) is 17.7.